The Balaban J connectivity index is 0.00000176. The highest BCUT2D eigenvalue weighted by molar-refractivity contribution is 5.85. The number of fused-ring (bicyclic) bond motifs is 2. The Kier molecular flexibility index (Phi) is 5.18. The maximum Gasteiger partial charge on any atom is 0.225 e. The topological polar surface area (TPSA) is 55.1 Å². The van der Waals surface area contributed by atoms with Gasteiger partial charge < -0.3 is 11.1 Å². The second-order valence-electron chi connectivity index (χ2n) is 7.03. The van der Waals surface area contributed by atoms with Crippen LogP contribution in [0, 0.1) is 38.5 Å². The van der Waals surface area contributed by atoms with Crippen LogP contribution >= 0.6 is 12.4 Å². The fourth-order valence-corrected chi connectivity index (χ4v) is 4.51. The summed E-state index contributed by atoms with van der Waals surface area (Å²) in [5.41, 5.74) is 11.3. The van der Waals surface area contributed by atoms with Crippen LogP contribution in [-0.4, -0.2) is 11.9 Å². The highest BCUT2D eigenvalue weighted by Crippen LogP contribution is 2.47. The van der Waals surface area contributed by atoms with Crippen LogP contribution in [0.5, 0.6) is 0 Å². The summed E-state index contributed by atoms with van der Waals surface area (Å²) >= 11 is 0. The minimum atomic E-state index is 0. The van der Waals surface area contributed by atoms with Gasteiger partial charge in [0, 0.05) is 12.6 Å². The van der Waals surface area contributed by atoms with Gasteiger partial charge in [-0.25, -0.2) is 0 Å². The first kappa shape index (κ1) is 17.3. The predicted octanol–water partition coefficient (Wildman–Crippen LogP) is 3.02. The summed E-state index contributed by atoms with van der Waals surface area (Å²) in [7, 11) is 0. The van der Waals surface area contributed by atoms with E-state index in [2.05, 4.69) is 38.2 Å². The Morgan fingerprint density at radius 2 is 1.77 bits per heavy atom. The maximum absolute atomic E-state index is 12.5. The highest BCUT2D eigenvalue weighted by atomic mass is 35.5. The van der Waals surface area contributed by atoms with Gasteiger partial charge in [0.2, 0.25) is 5.91 Å². The van der Waals surface area contributed by atoms with Crippen molar-refractivity contribution in [2.75, 3.05) is 0 Å². The molecule has 1 aromatic carbocycles. The number of halogens is 1. The van der Waals surface area contributed by atoms with Gasteiger partial charge in [-0.2, -0.15) is 0 Å². The molecule has 0 spiro atoms. The standard InChI is InChI=1S/C18H26N2O.ClH/c1-10-6-11(2)15(12(3)7-10)9-20-18(21)16-13-4-5-14(8-13)17(16)19;/h6-7,13-14,16-17H,4-5,8-9,19H2,1-3H3,(H,20,21);1H. The van der Waals surface area contributed by atoms with Crippen LogP contribution < -0.4 is 11.1 Å². The van der Waals surface area contributed by atoms with E-state index in [0.717, 1.165) is 6.42 Å². The molecule has 4 unspecified atom stereocenters. The van der Waals surface area contributed by atoms with E-state index in [-0.39, 0.29) is 30.3 Å². The summed E-state index contributed by atoms with van der Waals surface area (Å²) < 4.78 is 0. The molecule has 1 amide bonds. The SMILES string of the molecule is Cc1cc(C)c(CNC(=O)C2C3CCC(C3)C2N)c(C)c1.Cl. The molecule has 0 aliphatic heterocycles. The molecular formula is C18H27ClN2O. The average molecular weight is 323 g/mol. The van der Waals surface area contributed by atoms with Gasteiger partial charge in [0.1, 0.15) is 0 Å². The van der Waals surface area contributed by atoms with Crippen LogP contribution in [0.15, 0.2) is 12.1 Å². The molecule has 3 rings (SSSR count). The molecule has 4 atom stereocenters. The second kappa shape index (κ2) is 6.59. The molecule has 3 N–H and O–H groups in total. The summed E-state index contributed by atoms with van der Waals surface area (Å²) in [5.74, 6) is 1.29. The normalized spacial score (nSPS) is 29.3. The van der Waals surface area contributed by atoms with Crippen molar-refractivity contribution in [3.8, 4) is 0 Å². The molecule has 2 aliphatic rings. The molecule has 22 heavy (non-hydrogen) atoms. The molecule has 0 radical (unpaired) electrons. The number of amides is 1. The lowest BCUT2D eigenvalue weighted by atomic mass is 9.84. The molecule has 3 nitrogen and oxygen atoms in total. The third-order valence-corrected chi connectivity index (χ3v) is 5.56. The van der Waals surface area contributed by atoms with Gasteiger partial charge in [0.15, 0.2) is 0 Å². The number of carbonyl (C=O) groups is 1. The van der Waals surface area contributed by atoms with Gasteiger partial charge in [-0.1, -0.05) is 17.7 Å². The van der Waals surface area contributed by atoms with E-state index in [1.165, 1.54) is 35.1 Å². The third-order valence-electron chi connectivity index (χ3n) is 5.56. The number of hydrogen-bond acceptors (Lipinski definition) is 2. The number of hydrogen-bond donors (Lipinski definition) is 2. The van der Waals surface area contributed by atoms with Gasteiger partial charge >= 0.3 is 0 Å². The van der Waals surface area contributed by atoms with Crippen molar-refractivity contribution in [2.24, 2.45) is 23.5 Å². The van der Waals surface area contributed by atoms with Crippen LogP contribution in [0.25, 0.3) is 0 Å². The van der Waals surface area contributed by atoms with E-state index in [0.29, 0.717) is 18.4 Å². The van der Waals surface area contributed by atoms with Gasteiger partial charge in [0.25, 0.3) is 0 Å². The Morgan fingerprint density at radius 3 is 2.32 bits per heavy atom. The fraction of sp³-hybridized carbons (Fsp3) is 0.611. The predicted molar refractivity (Wildman–Crippen MR) is 92.0 cm³/mol. The molecule has 2 fully saturated rings. The lowest BCUT2D eigenvalue weighted by Gasteiger charge is -2.27. The van der Waals surface area contributed by atoms with Crippen molar-refractivity contribution in [2.45, 2.75) is 52.6 Å². The van der Waals surface area contributed by atoms with Gasteiger partial charge in [-0.15, -0.1) is 12.4 Å². The van der Waals surface area contributed by atoms with Crippen LogP contribution in [0.4, 0.5) is 0 Å². The number of aryl methyl sites for hydroxylation is 3. The summed E-state index contributed by atoms with van der Waals surface area (Å²) in [6.07, 6.45) is 3.55. The Bertz CT molecular complexity index is 547. The molecule has 1 aromatic rings. The first-order chi connectivity index (χ1) is 9.97. The van der Waals surface area contributed by atoms with Gasteiger partial charge in [0.05, 0.1) is 5.92 Å². The summed E-state index contributed by atoms with van der Waals surface area (Å²) in [6.45, 7) is 6.96. The largest absolute Gasteiger partial charge is 0.352 e. The van der Waals surface area contributed by atoms with Crippen molar-refractivity contribution in [3.63, 3.8) is 0 Å². The quantitative estimate of drug-likeness (QED) is 0.898. The van der Waals surface area contributed by atoms with E-state index in [1.807, 2.05) is 0 Å². The lowest BCUT2D eigenvalue weighted by molar-refractivity contribution is -0.127. The number of benzene rings is 1. The molecule has 2 aliphatic carbocycles. The average Bonchev–Trinajstić information content (AvgIpc) is 2.97. The van der Waals surface area contributed by atoms with Crippen molar-refractivity contribution < 1.29 is 4.79 Å². The van der Waals surface area contributed by atoms with Gasteiger partial charge in [-0.05, 0) is 68.6 Å². The molecular weight excluding hydrogens is 296 g/mol. The number of carbonyl (C=O) groups excluding carboxylic acids is 1. The second-order valence-corrected chi connectivity index (χ2v) is 7.03. The molecule has 0 heterocycles. The molecule has 0 aromatic heterocycles. The van der Waals surface area contributed by atoms with Crippen molar-refractivity contribution in [1.82, 2.24) is 5.32 Å². The minimum Gasteiger partial charge on any atom is -0.352 e. The summed E-state index contributed by atoms with van der Waals surface area (Å²) in [6, 6.07) is 4.43. The third kappa shape index (κ3) is 3.02. The fourth-order valence-electron chi connectivity index (χ4n) is 4.51. The Morgan fingerprint density at radius 1 is 1.18 bits per heavy atom. The van der Waals surface area contributed by atoms with E-state index in [1.54, 1.807) is 0 Å². The van der Waals surface area contributed by atoms with E-state index in [9.17, 15) is 4.79 Å². The van der Waals surface area contributed by atoms with Crippen LogP contribution in [-0.2, 0) is 11.3 Å². The van der Waals surface area contributed by atoms with Gasteiger partial charge in [-0.3, -0.25) is 4.79 Å². The number of nitrogens with two attached hydrogens (primary N) is 1. The van der Waals surface area contributed by atoms with Crippen molar-refractivity contribution in [3.05, 3.63) is 34.4 Å². The Hall–Kier alpha value is -1.06. The van der Waals surface area contributed by atoms with Crippen LogP contribution in [0.1, 0.15) is 41.5 Å². The first-order valence-electron chi connectivity index (χ1n) is 8.07. The number of nitrogens with one attached hydrogen (secondary N) is 1. The summed E-state index contributed by atoms with van der Waals surface area (Å²) in [5, 5.41) is 3.14. The smallest absolute Gasteiger partial charge is 0.225 e. The molecule has 122 valence electrons. The highest BCUT2D eigenvalue weighted by Gasteiger charge is 2.48. The molecule has 2 bridgehead atoms. The van der Waals surface area contributed by atoms with E-state index in [4.69, 9.17) is 5.73 Å². The zero-order valence-electron chi connectivity index (χ0n) is 13.7. The minimum absolute atomic E-state index is 0. The van der Waals surface area contributed by atoms with Crippen LogP contribution in [0.2, 0.25) is 0 Å². The van der Waals surface area contributed by atoms with Crippen LogP contribution in [0.3, 0.4) is 0 Å². The molecule has 4 heteroatoms. The Labute approximate surface area is 139 Å². The first-order valence-corrected chi connectivity index (χ1v) is 8.07. The van der Waals surface area contributed by atoms with E-state index < -0.39 is 0 Å². The van der Waals surface area contributed by atoms with E-state index >= 15 is 0 Å². The zero-order chi connectivity index (χ0) is 15.1. The van der Waals surface area contributed by atoms with Crippen molar-refractivity contribution in [1.29, 1.82) is 0 Å². The lowest BCUT2D eigenvalue weighted by Crippen LogP contribution is -2.45. The zero-order valence-corrected chi connectivity index (χ0v) is 14.5. The molecule has 0 saturated heterocycles. The monoisotopic (exact) mass is 322 g/mol. The number of rotatable bonds is 3. The summed E-state index contributed by atoms with van der Waals surface area (Å²) in [4.78, 5) is 12.5. The maximum atomic E-state index is 12.5. The van der Waals surface area contributed by atoms with Crippen molar-refractivity contribution >= 4 is 18.3 Å². The molecule has 2 saturated carbocycles.